The number of rotatable bonds is 3. The molecule has 0 N–H and O–H groups in total. The summed E-state index contributed by atoms with van der Waals surface area (Å²) in [6.07, 6.45) is 0. The fourth-order valence-electron chi connectivity index (χ4n) is 1.13. The molecule has 0 atom stereocenters. The summed E-state index contributed by atoms with van der Waals surface area (Å²) in [6, 6.07) is 0. The van der Waals surface area contributed by atoms with Crippen molar-refractivity contribution in [1.29, 1.82) is 0 Å². The van der Waals surface area contributed by atoms with E-state index in [2.05, 4.69) is 27.7 Å². The molecule has 0 aromatic carbocycles. The molecule has 0 saturated carbocycles. The van der Waals surface area contributed by atoms with Crippen molar-refractivity contribution in [2.45, 2.75) is 27.7 Å². The van der Waals surface area contributed by atoms with Gasteiger partial charge >= 0.3 is 0 Å². The lowest BCUT2D eigenvalue weighted by Crippen LogP contribution is -2.16. The van der Waals surface area contributed by atoms with Gasteiger partial charge in [-0.15, -0.1) is 11.6 Å². The van der Waals surface area contributed by atoms with Crippen LogP contribution < -0.4 is 0 Å². The smallest absolute Gasteiger partial charge is 0.0256 e. The van der Waals surface area contributed by atoms with Crippen LogP contribution >= 0.6 is 11.6 Å². The normalized spacial score (nSPS) is 12.0. The van der Waals surface area contributed by atoms with E-state index in [1.54, 1.807) is 0 Å². The maximum atomic E-state index is 5.76. The molecule has 9 heavy (non-hydrogen) atoms. The van der Waals surface area contributed by atoms with Crippen LogP contribution in [0.5, 0.6) is 0 Å². The highest BCUT2D eigenvalue weighted by molar-refractivity contribution is 6.18. The Morgan fingerprint density at radius 1 is 1.00 bits per heavy atom. The summed E-state index contributed by atoms with van der Waals surface area (Å²) in [5, 5.41) is 0. The minimum Gasteiger partial charge on any atom is -0.126 e. The van der Waals surface area contributed by atoms with Crippen molar-refractivity contribution < 1.29 is 0 Å². The second kappa shape index (κ2) is 4.16. The lowest BCUT2D eigenvalue weighted by molar-refractivity contribution is 0.321. The van der Waals surface area contributed by atoms with Crippen LogP contribution in [-0.4, -0.2) is 5.88 Å². The Balaban J connectivity index is 3.68. The predicted molar refractivity (Wildman–Crippen MR) is 43.9 cm³/mol. The first-order chi connectivity index (χ1) is 4.09. The predicted octanol–water partition coefficient (Wildman–Crippen LogP) is 3.15. The molecule has 0 aromatic heterocycles. The van der Waals surface area contributed by atoms with Crippen LogP contribution in [0.15, 0.2) is 0 Å². The first-order valence-corrected chi connectivity index (χ1v) is 4.19. The van der Waals surface area contributed by atoms with E-state index in [1.807, 2.05) is 0 Å². The molecule has 0 bridgehead atoms. The van der Waals surface area contributed by atoms with Crippen LogP contribution in [0, 0.1) is 17.8 Å². The summed E-state index contributed by atoms with van der Waals surface area (Å²) in [5.41, 5.74) is 0. The molecule has 0 unspecified atom stereocenters. The van der Waals surface area contributed by atoms with Crippen molar-refractivity contribution in [3.63, 3.8) is 0 Å². The van der Waals surface area contributed by atoms with Gasteiger partial charge in [-0.25, -0.2) is 0 Å². The zero-order valence-corrected chi connectivity index (χ0v) is 7.57. The summed E-state index contributed by atoms with van der Waals surface area (Å²) < 4.78 is 0. The molecule has 0 aliphatic carbocycles. The monoisotopic (exact) mass is 148 g/mol. The van der Waals surface area contributed by atoms with Crippen molar-refractivity contribution in [2.24, 2.45) is 17.8 Å². The lowest BCUT2D eigenvalue weighted by Gasteiger charge is -2.21. The number of halogens is 1. The number of hydrogen-bond donors (Lipinski definition) is 0. The van der Waals surface area contributed by atoms with E-state index in [9.17, 15) is 0 Å². The Bertz CT molecular complexity index is 59.0. The molecule has 0 aliphatic heterocycles. The molecular formula is C8H17Cl. The van der Waals surface area contributed by atoms with E-state index in [0.717, 1.165) is 17.7 Å². The summed E-state index contributed by atoms with van der Waals surface area (Å²) in [4.78, 5) is 0. The molecule has 56 valence electrons. The largest absolute Gasteiger partial charge is 0.126 e. The maximum Gasteiger partial charge on any atom is 0.0256 e. The van der Waals surface area contributed by atoms with Gasteiger partial charge in [0.05, 0.1) is 0 Å². The van der Waals surface area contributed by atoms with Gasteiger partial charge in [0.1, 0.15) is 0 Å². The average Bonchev–Trinajstić information content (AvgIpc) is 1.64. The molecule has 0 aromatic rings. The maximum absolute atomic E-state index is 5.76. The fraction of sp³-hybridized carbons (Fsp3) is 1.00. The average molecular weight is 149 g/mol. The summed E-state index contributed by atoms with van der Waals surface area (Å²) in [7, 11) is 0. The van der Waals surface area contributed by atoms with Gasteiger partial charge in [-0.05, 0) is 17.8 Å². The van der Waals surface area contributed by atoms with Gasteiger partial charge in [-0.1, -0.05) is 27.7 Å². The highest BCUT2D eigenvalue weighted by Crippen LogP contribution is 2.21. The Morgan fingerprint density at radius 2 is 1.33 bits per heavy atom. The molecule has 0 fully saturated rings. The molecule has 0 spiro atoms. The molecule has 0 saturated heterocycles. The Hall–Kier alpha value is 0.290. The van der Waals surface area contributed by atoms with Crippen molar-refractivity contribution in [2.75, 3.05) is 5.88 Å². The molecule has 0 rings (SSSR count). The van der Waals surface area contributed by atoms with E-state index < -0.39 is 0 Å². The van der Waals surface area contributed by atoms with Crippen molar-refractivity contribution >= 4 is 11.6 Å². The summed E-state index contributed by atoms with van der Waals surface area (Å²) in [6.45, 7) is 8.92. The molecular weight excluding hydrogens is 132 g/mol. The van der Waals surface area contributed by atoms with Crippen molar-refractivity contribution in [1.82, 2.24) is 0 Å². The highest BCUT2D eigenvalue weighted by Gasteiger charge is 2.15. The second-order valence-corrected chi connectivity index (χ2v) is 3.61. The van der Waals surface area contributed by atoms with E-state index in [0.29, 0.717) is 5.92 Å². The zero-order chi connectivity index (χ0) is 7.44. The third kappa shape index (κ3) is 3.10. The van der Waals surface area contributed by atoms with E-state index >= 15 is 0 Å². The molecule has 0 aliphatic rings. The second-order valence-electron chi connectivity index (χ2n) is 3.31. The van der Waals surface area contributed by atoms with Gasteiger partial charge in [0.25, 0.3) is 0 Å². The minimum absolute atomic E-state index is 0.687. The van der Waals surface area contributed by atoms with Gasteiger partial charge in [0, 0.05) is 5.88 Å². The lowest BCUT2D eigenvalue weighted by atomic mass is 9.87. The summed E-state index contributed by atoms with van der Waals surface area (Å²) in [5.74, 6) is 2.94. The van der Waals surface area contributed by atoms with Gasteiger partial charge in [0.2, 0.25) is 0 Å². The zero-order valence-electron chi connectivity index (χ0n) is 6.82. The highest BCUT2D eigenvalue weighted by atomic mass is 35.5. The van der Waals surface area contributed by atoms with Gasteiger partial charge in [-0.2, -0.15) is 0 Å². The van der Waals surface area contributed by atoms with Gasteiger partial charge < -0.3 is 0 Å². The number of hydrogen-bond acceptors (Lipinski definition) is 0. The standard InChI is InChI=1S/C8H17Cl/c1-6(2)8(5-9)7(3)4/h6-8H,5H2,1-4H3. The molecule has 0 nitrogen and oxygen atoms in total. The molecule has 0 heterocycles. The minimum atomic E-state index is 0.687. The third-order valence-electron chi connectivity index (χ3n) is 1.89. The molecule has 1 heteroatoms. The Labute approximate surface area is 63.6 Å². The van der Waals surface area contributed by atoms with Gasteiger partial charge in [-0.3, -0.25) is 0 Å². The molecule has 0 radical (unpaired) electrons. The van der Waals surface area contributed by atoms with Crippen LogP contribution in [0.2, 0.25) is 0 Å². The van der Waals surface area contributed by atoms with Crippen molar-refractivity contribution in [3.05, 3.63) is 0 Å². The number of alkyl halides is 1. The third-order valence-corrected chi connectivity index (χ3v) is 2.25. The van der Waals surface area contributed by atoms with E-state index in [4.69, 9.17) is 11.6 Å². The first kappa shape index (κ1) is 9.29. The quantitative estimate of drug-likeness (QED) is 0.540. The van der Waals surface area contributed by atoms with Crippen molar-refractivity contribution in [3.8, 4) is 0 Å². The summed E-state index contributed by atoms with van der Waals surface area (Å²) >= 11 is 5.76. The van der Waals surface area contributed by atoms with Crippen LogP contribution in [-0.2, 0) is 0 Å². The van der Waals surface area contributed by atoms with Gasteiger partial charge in [0.15, 0.2) is 0 Å². The molecule has 0 amide bonds. The van der Waals surface area contributed by atoms with Crippen LogP contribution in [0.25, 0.3) is 0 Å². The van der Waals surface area contributed by atoms with Crippen LogP contribution in [0.4, 0.5) is 0 Å². The first-order valence-electron chi connectivity index (χ1n) is 3.65. The van der Waals surface area contributed by atoms with Crippen LogP contribution in [0.1, 0.15) is 27.7 Å². The van der Waals surface area contributed by atoms with Crippen LogP contribution in [0.3, 0.4) is 0 Å². The van der Waals surface area contributed by atoms with E-state index in [1.165, 1.54) is 0 Å². The Kier molecular flexibility index (Phi) is 4.29. The fourth-order valence-corrected chi connectivity index (χ4v) is 1.84. The van der Waals surface area contributed by atoms with E-state index in [-0.39, 0.29) is 0 Å². The Morgan fingerprint density at radius 3 is 1.33 bits per heavy atom. The SMILES string of the molecule is CC(C)C(CCl)C(C)C. The topological polar surface area (TPSA) is 0 Å².